The number of carbonyl (C=O) groups excluding carboxylic acids is 1. The molecule has 4 N–H and O–H groups in total. The van der Waals surface area contributed by atoms with Crippen LogP contribution in [-0.4, -0.2) is 12.5 Å². The van der Waals surface area contributed by atoms with Crippen molar-refractivity contribution in [1.82, 2.24) is 5.32 Å². The summed E-state index contributed by atoms with van der Waals surface area (Å²) in [6.07, 6.45) is 0.978. The molecule has 1 aromatic carbocycles. The summed E-state index contributed by atoms with van der Waals surface area (Å²) >= 11 is 0. The summed E-state index contributed by atoms with van der Waals surface area (Å²) in [5.74, 6) is 4.73. The molecule has 1 amide bonds. The fraction of sp³-hybridized carbons (Fsp3) is 0.417. The van der Waals surface area contributed by atoms with Crippen LogP contribution < -0.4 is 16.6 Å². The van der Waals surface area contributed by atoms with Crippen LogP contribution in [0.1, 0.15) is 30.6 Å². The maximum atomic E-state index is 13.4. The molecule has 0 radical (unpaired) electrons. The van der Waals surface area contributed by atoms with E-state index in [4.69, 9.17) is 5.84 Å². The van der Waals surface area contributed by atoms with Crippen molar-refractivity contribution in [2.24, 2.45) is 11.8 Å². The number of benzene rings is 1. The van der Waals surface area contributed by atoms with Gasteiger partial charge in [-0.25, -0.2) is 4.39 Å². The highest BCUT2D eigenvalue weighted by Gasteiger charge is 2.14. The molecule has 1 atom stereocenters. The lowest BCUT2D eigenvalue weighted by Gasteiger charge is -2.12. The number of hydrazine groups is 1. The van der Waals surface area contributed by atoms with Gasteiger partial charge in [0.2, 0.25) is 0 Å². The zero-order valence-electron chi connectivity index (χ0n) is 10.1. The minimum Gasteiger partial charge on any atom is -0.352 e. The van der Waals surface area contributed by atoms with Crippen molar-refractivity contribution >= 4 is 11.6 Å². The molecule has 5 heteroatoms. The summed E-state index contributed by atoms with van der Waals surface area (Å²) in [4.78, 5) is 11.8. The first-order valence-corrected chi connectivity index (χ1v) is 5.63. The van der Waals surface area contributed by atoms with Gasteiger partial charge in [-0.3, -0.25) is 10.6 Å². The highest BCUT2D eigenvalue weighted by atomic mass is 19.1. The number of carbonyl (C=O) groups is 1. The van der Waals surface area contributed by atoms with E-state index in [0.29, 0.717) is 12.5 Å². The minimum atomic E-state index is -0.538. The average Bonchev–Trinajstić information content (AvgIpc) is 2.35. The highest BCUT2D eigenvalue weighted by molar-refractivity contribution is 5.99. The van der Waals surface area contributed by atoms with Crippen molar-refractivity contribution in [2.45, 2.75) is 20.3 Å². The molecular formula is C12H18FN3O. The van der Waals surface area contributed by atoms with Crippen LogP contribution in [0.4, 0.5) is 10.1 Å². The Morgan fingerprint density at radius 2 is 2.24 bits per heavy atom. The van der Waals surface area contributed by atoms with Crippen LogP contribution in [0.2, 0.25) is 0 Å². The second-order valence-electron chi connectivity index (χ2n) is 4.03. The molecule has 0 heterocycles. The first kappa shape index (κ1) is 13.4. The lowest BCUT2D eigenvalue weighted by atomic mass is 10.1. The van der Waals surface area contributed by atoms with Gasteiger partial charge in [-0.15, -0.1) is 0 Å². The number of hydrogen-bond donors (Lipinski definition) is 3. The molecule has 0 bridgehead atoms. The van der Waals surface area contributed by atoms with E-state index < -0.39 is 5.82 Å². The van der Waals surface area contributed by atoms with Gasteiger partial charge >= 0.3 is 0 Å². The van der Waals surface area contributed by atoms with Gasteiger partial charge in [0.15, 0.2) is 0 Å². The highest BCUT2D eigenvalue weighted by Crippen LogP contribution is 2.18. The van der Waals surface area contributed by atoms with Crippen LogP contribution in [0.25, 0.3) is 0 Å². The molecule has 1 rings (SSSR count). The van der Waals surface area contributed by atoms with E-state index in [1.807, 2.05) is 13.8 Å². The predicted octanol–water partition coefficient (Wildman–Crippen LogP) is 1.89. The molecule has 0 spiro atoms. The van der Waals surface area contributed by atoms with Gasteiger partial charge in [0.25, 0.3) is 5.91 Å². The summed E-state index contributed by atoms with van der Waals surface area (Å²) in [6, 6.07) is 4.26. The van der Waals surface area contributed by atoms with Crippen LogP contribution >= 0.6 is 0 Å². The van der Waals surface area contributed by atoms with Gasteiger partial charge in [0.1, 0.15) is 5.82 Å². The first-order chi connectivity index (χ1) is 8.10. The van der Waals surface area contributed by atoms with Crippen molar-refractivity contribution in [3.63, 3.8) is 0 Å². The molecule has 0 saturated heterocycles. The standard InChI is InChI=1S/C12H18FN3O/c1-3-8(2)7-15-12(17)9-5-4-6-10(13)11(9)16-14/h4-6,8,16H,3,7,14H2,1-2H3,(H,15,17). The van der Waals surface area contributed by atoms with Gasteiger partial charge in [0.05, 0.1) is 11.3 Å². The van der Waals surface area contributed by atoms with E-state index in [1.54, 1.807) is 0 Å². The Hall–Kier alpha value is -1.62. The number of para-hydroxylation sites is 1. The summed E-state index contributed by atoms with van der Waals surface area (Å²) in [6.45, 7) is 4.65. The fourth-order valence-electron chi connectivity index (χ4n) is 1.37. The normalized spacial score (nSPS) is 12.0. The van der Waals surface area contributed by atoms with E-state index in [9.17, 15) is 9.18 Å². The maximum Gasteiger partial charge on any atom is 0.253 e. The Bertz CT molecular complexity index is 395. The van der Waals surface area contributed by atoms with E-state index in [0.717, 1.165) is 6.42 Å². The second kappa shape index (κ2) is 6.20. The SMILES string of the molecule is CCC(C)CNC(=O)c1cccc(F)c1NN. The number of nitrogen functional groups attached to an aromatic ring is 1. The van der Waals surface area contributed by atoms with E-state index in [2.05, 4.69) is 10.7 Å². The van der Waals surface area contributed by atoms with Crippen molar-refractivity contribution < 1.29 is 9.18 Å². The van der Waals surface area contributed by atoms with E-state index >= 15 is 0 Å². The largest absolute Gasteiger partial charge is 0.352 e. The van der Waals surface area contributed by atoms with Crippen molar-refractivity contribution in [1.29, 1.82) is 0 Å². The zero-order chi connectivity index (χ0) is 12.8. The minimum absolute atomic E-state index is 0.0224. The molecule has 0 aliphatic rings. The summed E-state index contributed by atoms with van der Waals surface area (Å²) in [7, 11) is 0. The molecule has 1 unspecified atom stereocenters. The second-order valence-corrected chi connectivity index (χ2v) is 4.03. The number of hydrogen-bond acceptors (Lipinski definition) is 3. The molecule has 0 saturated carbocycles. The third-order valence-corrected chi connectivity index (χ3v) is 2.71. The Morgan fingerprint density at radius 3 is 2.82 bits per heavy atom. The molecule has 0 aliphatic heterocycles. The number of halogens is 1. The number of rotatable bonds is 5. The van der Waals surface area contributed by atoms with Crippen molar-refractivity contribution in [3.8, 4) is 0 Å². The molecule has 94 valence electrons. The topological polar surface area (TPSA) is 67.2 Å². The van der Waals surface area contributed by atoms with Gasteiger partial charge in [0, 0.05) is 6.54 Å². The summed E-state index contributed by atoms with van der Waals surface area (Å²) in [5, 5.41) is 2.75. The Balaban J connectivity index is 2.78. The third-order valence-electron chi connectivity index (χ3n) is 2.71. The van der Waals surface area contributed by atoms with Crippen LogP contribution in [-0.2, 0) is 0 Å². The zero-order valence-corrected chi connectivity index (χ0v) is 10.1. The third kappa shape index (κ3) is 3.42. The van der Waals surface area contributed by atoms with Crippen LogP contribution in [0.3, 0.4) is 0 Å². The van der Waals surface area contributed by atoms with E-state index in [1.165, 1.54) is 18.2 Å². The lowest BCUT2D eigenvalue weighted by molar-refractivity contribution is 0.0948. The van der Waals surface area contributed by atoms with Gasteiger partial charge < -0.3 is 10.7 Å². The maximum absolute atomic E-state index is 13.4. The number of nitrogens with one attached hydrogen (secondary N) is 2. The van der Waals surface area contributed by atoms with Crippen LogP contribution in [0.15, 0.2) is 18.2 Å². The Kier molecular flexibility index (Phi) is 4.90. The molecular weight excluding hydrogens is 221 g/mol. The summed E-state index contributed by atoms with van der Waals surface area (Å²) < 4.78 is 13.4. The van der Waals surface area contributed by atoms with Gasteiger partial charge in [-0.1, -0.05) is 26.3 Å². The van der Waals surface area contributed by atoms with Gasteiger partial charge in [-0.05, 0) is 18.1 Å². The molecule has 4 nitrogen and oxygen atoms in total. The molecule has 0 fully saturated rings. The molecule has 17 heavy (non-hydrogen) atoms. The average molecular weight is 239 g/mol. The quantitative estimate of drug-likeness (QED) is 0.543. The number of nitrogens with two attached hydrogens (primary N) is 1. The fourth-order valence-corrected chi connectivity index (χ4v) is 1.37. The first-order valence-electron chi connectivity index (χ1n) is 5.63. The monoisotopic (exact) mass is 239 g/mol. The number of anilines is 1. The van der Waals surface area contributed by atoms with Crippen molar-refractivity contribution in [2.75, 3.05) is 12.0 Å². The van der Waals surface area contributed by atoms with Gasteiger partial charge in [-0.2, -0.15) is 0 Å². The molecule has 1 aromatic rings. The van der Waals surface area contributed by atoms with Crippen molar-refractivity contribution in [3.05, 3.63) is 29.6 Å². The smallest absolute Gasteiger partial charge is 0.253 e. The Labute approximate surface area is 100 Å². The predicted molar refractivity (Wildman–Crippen MR) is 66.0 cm³/mol. The summed E-state index contributed by atoms with van der Waals surface area (Å²) in [5.41, 5.74) is 2.45. The molecule has 0 aromatic heterocycles. The van der Waals surface area contributed by atoms with E-state index in [-0.39, 0.29) is 17.2 Å². The Morgan fingerprint density at radius 1 is 1.53 bits per heavy atom. The number of amides is 1. The lowest BCUT2D eigenvalue weighted by Crippen LogP contribution is -2.29. The van der Waals surface area contributed by atoms with Crippen LogP contribution in [0, 0.1) is 11.7 Å². The van der Waals surface area contributed by atoms with Crippen LogP contribution in [0.5, 0.6) is 0 Å². The molecule has 0 aliphatic carbocycles.